The number of hydrogen-bond donors (Lipinski definition) is 1. The molecule has 134 valence electrons. The van der Waals surface area contributed by atoms with Gasteiger partial charge in [-0.1, -0.05) is 29.8 Å². The molecular weight excluding hydrogens is 306 g/mol. The minimum absolute atomic E-state index is 0.0184. The van der Waals surface area contributed by atoms with Crippen molar-refractivity contribution in [2.24, 2.45) is 17.3 Å². The third-order valence-electron chi connectivity index (χ3n) is 8.04. The Balaban J connectivity index is 1.45. The maximum absolute atomic E-state index is 13.5. The second-order valence-corrected chi connectivity index (χ2v) is 9.94. The summed E-state index contributed by atoms with van der Waals surface area (Å²) < 4.78 is 0. The van der Waals surface area contributed by atoms with E-state index in [4.69, 9.17) is 0 Å². The van der Waals surface area contributed by atoms with Crippen molar-refractivity contribution in [1.82, 2.24) is 0 Å². The van der Waals surface area contributed by atoms with Gasteiger partial charge in [0.15, 0.2) is 5.78 Å². The minimum atomic E-state index is 0.0184. The summed E-state index contributed by atoms with van der Waals surface area (Å²) in [6.07, 6.45) is 10.2. The van der Waals surface area contributed by atoms with Gasteiger partial charge in [0.1, 0.15) is 6.54 Å². The molecule has 2 heteroatoms. The van der Waals surface area contributed by atoms with E-state index in [1.54, 1.807) is 4.90 Å². The van der Waals surface area contributed by atoms with E-state index in [-0.39, 0.29) is 5.41 Å². The molecule has 0 radical (unpaired) electrons. The van der Waals surface area contributed by atoms with Crippen LogP contribution in [0.3, 0.4) is 0 Å². The van der Waals surface area contributed by atoms with Gasteiger partial charge in [-0.2, -0.15) is 0 Å². The highest BCUT2D eigenvalue weighted by Gasteiger charge is 2.61. The van der Waals surface area contributed by atoms with Crippen LogP contribution in [0.5, 0.6) is 0 Å². The molecule has 4 saturated carbocycles. The molecule has 25 heavy (non-hydrogen) atoms. The van der Waals surface area contributed by atoms with Crippen LogP contribution < -0.4 is 4.90 Å². The molecule has 1 aromatic carbocycles. The lowest BCUT2D eigenvalue weighted by atomic mass is 9.42. The van der Waals surface area contributed by atoms with Gasteiger partial charge in [0.05, 0.1) is 13.1 Å². The van der Waals surface area contributed by atoms with Crippen LogP contribution in [0.1, 0.15) is 62.5 Å². The number of carbonyl (C=O) groups excluding carboxylic acids is 1. The molecule has 6 rings (SSSR count). The smallest absolute Gasteiger partial charge is 0.192 e. The van der Waals surface area contributed by atoms with Crippen molar-refractivity contribution >= 4 is 5.78 Å². The van der Waals surface area contributed by atoms with E-state index in [1.165, 1.54) is 69.2 Å². The van der Waals surface area contributed by atoms with Crippen molar-refractivity contribution in [2.75, 3.05) is 19.6 Å². The highest BCUT2D eigenvalue weighted by Crippen LogP contribution is 2.65. The van der Waals surface area contributed by atoms with Gasteiger partial charge in [0.2, 0.25) is 0 Å². The van der Waals surface area contributed by atoms with Gasteiger partial charge >= 0.3 is 0 Å². The summed E-state index contributed by atoms with van der Waals surface area (Å²) >= 11 is 0. The minimum Gasteiger partial charge on any atom is -0.329 e. The summed E-state index contributed by atoms with van der Waals surface area (Å²) in [6, 6.07) is 9.28. The number of ketones is 1. The molecule has 0 spiro atoms. The highest BCUT2D eigenvalue weighted by molar-refractivity contribution is 5.86. The normalized spacial score (nSPS) is 39.9. The van der Waals surface area contributed by atoms with E-state index in [9.17, 15) is 4.79 Å². The zero-order valence-corrected chi connectivity index (χ0v) is 15.7. The largest absolute Gasteiger partial charge is 0.329 e. The van der Waals surface area contributed by atoms with Crippen LogP contribution >= 0.6 is 0 Å². The molecule has 2 atom stereocenters. The van der Waals surface area contributed by atoms with Gasteiger partial charge in [-0.15, -0.1) is 0 Å². The second kappa shape index (κ2) is 5.67. The molecule has 1 aromatic rings. The van der Waals surface area contributed by atoms with Crippen molar-refractivity contribution in [2.45, 2.75) is 63.7 Å². The lowest BCUT2D eigenvalue weighted by Gasteiger charge is -2.61. The third kappa shape index (κ3) is 2.60. The standard InChI is InChI=1S/C23H31NO/c1-17-4-6-20(7-5-17)22-11-18-10-19(12-22)14-23(13-18,16-22)21(25)15-24-8-2-3-9-24/h4-7,18-19H,2-3,8-16H2,1H3/p+1. The van der Waals surface area contributed by atoms with Gasteiger partial charge in [-0.3, -0.25) is 4.79 Å². The average Bonchev–Trinajstić information content (AvgIpc) is 3.07. The summed E-state index contributed by atoms with van der Waals surface area (Å²) in [5.41, 5.74) is 3.19. The van der Waals surface area contributed by atoms with Crippen molar-refractivity contribution in [3.8, 4) is 0 Å². The molecule has 5 fully saturated rings. The first-order valence-electron chi connectivity index (χ1n) is 10.5. The van der Waals surface area contributed by atoms with Gasteiger partial charge in [0, 0.05) is 18.3 Å². The Morgan fingerprint density at radius 2 is 1.68 bits per heavy atom. The van der Waals surface area contributed by atoms with Gasteiger partial charge < -0.3 is 4.90 Å². The Labute approximate surface area is 152 Å². The van der Waals surface area contributed by atoms with E-state index in [0.29, 0.717) is 11.2 Å². The summed E-state index contributed by atoms with van der Waals surface area (Å²) in [4.78, 5) is 15.0. The zero-order valence-electron chi connectivity index (χ0n) is 15.7. The number of Topliss-reactive ketones (excluding diaryl/α,β-unsaturated/α-hetero) is 1. The summed E-state index contributed by atoms with van der Waals surface area (Å²) in [6.45, 7) is 5.42. The van der Waals surface area contributed by atoms with Crippen LogP contribution in [0, 0.1) is 24.2 Å². The number of benzene rings is 1. The predicted molar refractivity (Wildman–Crippen MR) is 99.8 cm³/mol. The number of carbonyl (C=O) groups is 1. The quantitative estimate of drug-likeness (QED) is 0.895. The fourth-order valence-corrected chi connectivity index (χ4v) is 7.30. The van der Waals surface area contributed by atoms with E-state index in [1.807, 2.05) is 0 Å². The molecule has 1 aliphatic heterocycles. The van der Waals surface area contributed by atoms with Crippen LogP contribution in [0.15, 0.2) is 24.3 Å². The van der Waals surface area contributed by atoms with Crippen molar-refractivity contribution in [3.05, 3.63) is 35.4 Å². The molecule has 2 nitrogen and oxygen atoms in total. The Morgan fingerprint density at radius 3 is 2.32 bits per heavy atom. The maximum atomic E-state index is 13.5. The topological polar surface area (TPSA) is 21.5 Å². The molecular formula is C23H32NO+. The summed E-state index contributed by atoms with van der Waals surface area (Å²) in [7, 11) is 0. The predicted octanol–water partition coefficient (Wildman–Crippen LogP) is 3.08. The lowest BCUT2D eigenvalue weighted by Crippen LogP contribution is -3.11. The number of aryl methyl sites for hydroxylation is 1. The Morgan fingerprint density at radius 1 is 1.04 bits per heavy atom. The van der Waals surface area contributed by atoms with Gasteiger partial charge in [0.25, 0.3) is 0 Å². The molecule has 2 unspecified atom stereocenters. The molecule has 0 aromatic heterocycles. The number of rotatable bonds is 4. The average molecular weight is 339 g/mol. The van der Waals surface area contributed by atoms with Crippen molar-refractivity contribution < 1.29 is 9.69 Å². The molecule has 1 saturated heterocycles. The van der Waals surface area contributed by atoms with Crippen molar-refractivity contribution in [1.29, 1.82) is 0 Å². The Bertz CT molecular complexity index is 656. The SMILES string of the molecule is Cc1ccc(C23CC4CC(CC(C(=O)C[NH+]5CCCC5)(C4)C2)C3)cc1. The third-order valence-corrected chi connectivity index (χ3v) is 8.04. The van der Waals surface area contributed by atoms with E-state index >= 15 is 0 Å². The molecule has 4 aliphatic carbocycles. The van der Waals surface area contributed by atoms with Crippen LogP contribution in [0.4, 0.5) is 0 Å². The van der Waals surface area contributed by atoms with Crippen molar-refractivity contribution in [3.63, 3.8) is 0 Å². The Hall–Kier alpha value is -1.15. The molecule has 4 bridgehead atoms. The summed E-state index contributed by atoms with van der Waals surface area (Å²) in [5.74, 6) is 2.20. The zero-order chi connectivity index (χ0) is 17.1. The van der Waals surface area contributed by atoms with E-state index in [2.05, 4.69) is 31.2 Å². The molecule has 0 amide bonds. The van der Waals surface area contributed by atoms with Crippen LogP contribution in [-0.4, -0.2) is 25.4 Å². The fourth-order valence-electron chi connectivity index (χ4n) is 7.30. The van der Waals surface area contributed by atoms with Crippen LogP contribution in [-0.2, 0) is 10.2 Å². The number of quaternary nitrogens is 1. The van der Waals surface area contributed by atoms with Crippen LogP contribution in [0.25, 0.3) is 0 Å². The second-order valence-electron chi connectivity index (χ2n) is 9.94. The molecule has 5 aliphatic rings. The lowest BCUT2D eigenvalue weighted by molar-refractivity contribution is -0.879. The Kier molecular flexibility index (Phi) is 3.64. The number of likely N-dealkylation sites (tertiary alicyclic amines) is 1. The number of hydrogen-bond acceptors (Lipinski definition) is 1. The number of nitrogens with one attached hydrogen (secondary N) is 1. The highest BCUT2D eigenvalue weighted by atomic mass is 16.1. The first-order chi connectivity index (χ1) is 12.1. The molecule has 1 N–H and O–H groups in total. The van der Waals surface area contributed by atoms with E-state index in [0.717, 1.165) is 24.8 Å². The molecule has 1 heterocycles. The maximum Gasteiger partial charge on any atom is 0.192 e. The first kappa shape index (κ1) is 16.1. The fraction of sp³-hybridized carbons (Fsp3) is 0.696. The van der Waals surface area contributed by atoms with Gasteiger partial charge in [-0.05, 0) is 68.3 Å². The van der Waals surface area contributed by atoms with E-state index < -0.39 is 0 Å². The van der Waals surface area contributed by atoms with Gasteiger partial charge in [-0.25, -0.2) is 0 Å². The first-order valence-corrected chi connectivity index (χ1v) is 10.5. The monoisotopic (exact) mass is 338 g/mol. The summed E-state index contributed by atoms with van der Waals surface area (Å²) in [5, 5.41) is 0. The van der Waals surface area contributed by atoms with Crippen LogP contribution in [0.2, 0.25) is 0 Å².